The Morgan fingerprint density at radius 3 is 2.42 bits per heavy atom. The Kier molecular flexibility index (Phi) is 8.14. The van der Waals surface area contributed by atoms with E-state index in [0.717, 1.165) is 11.3 Å². The molecule has 108 valence electrons. The Morgan fingerprint density at radius 1 is 1.37 bits per heavy atom. The van der Waals surface area contributed by atoms with Crippen molar-refractivity contribution in [2.24, 2.45) is 5.73 Å². The molecular formula is C14H23ClN2OS. The van der Waals surface area contributed by atoms with Crippen molar-refractivity contribution in [2.45, 2.75) is 42.9 Å². The van der Waals surface area contributed by atoms with Crippen molar-refractivity contribution < 1.29 is 4.79 Å². The number of hydrogen-bond donors (Lipinski definition) is 2. The average molecular weight is 303 g/mol. The summed E-state index contributed by atoms with van der Waals surface area (Å²) in [6.07, 6.45) is 0.802. The van der Waals surface area contributed by atoms with E-state index < -0.39 is 0 Å². The van der Waals surface area contributed by atoms with Crippen LogP contribution in [0.5, 0.6) is 0 Å². The van der Waals surface area contributed by atoms with E-state index in [9.17, 15) is 4.79 Å². The minimum atomic E-state index is -0.370. The van der Waals surface area contributed by atoms with Gasteiger partial charge in [0.05, 0.1) is 5.25 Å². The van der Waals surface area contributed by atoms with E-state index in [4.69, 9.17) is 5.73 Å². The molecular weight excluding hydrogens is 280 g/mol. The van der Waals surface area contributed by atoms with Gasteiger partial charge in [-0.3, -0.25) is 4.79 Å². The lowest BCUT2D eigenvalue weighted by atomic mass is 10.1. The lowest BCUT2D eigenvalue weighted by Gasteiger charge is -2.21. The summed E-state index contributed by atoms with van der Waals surface area (Å²) in [6.45, 7) is 6.32. The molecule has 0 radical (unpaired) electrons. The Morgan fingerprint density at radius 2 is 1.95 bits per heavy atom. The predicted octanol–water partition coefficient (Wildman–Crippen LogP) is 2.83. The minimum Gasteiger partial charge on any atom is -0.353 e. The van der Waals surface area contributed by atoms with Crippen LogP contribution in [0.4, 0.5) is 0 Å². The highest BCUT2D eigenvalue weighted by atomic mass is 35.5. The summed E-state index contributed by atoms with van der Waals surface area (Å²) in [5.74, 6) is 0.0601. The van der Waals surface area contributed by atoms with Crippen molar-refractivity contribution in [1.29, 1.82) is 0 Å². The second kappa shape index (κ2) is 8.46. The summed E-state index contributed by atoms with van der Waals surface area (Å²) in [7, 11) is 0. The molecule has 1 amide bonds. The van der Waals surface area contributed by atoms with Gasteiger partial charge in [-0.1, -0.05) is 25.1 Å². The van der Waals surface area contributed by atoms with Crippen LogP contribution in [-0.4, -0.2) is 23.2 Å². The third-order valence-corrected chi connectivity index (χ3v) is 3.78. The van der Waals surface area contributed by atoms with Crippen molar-refractivity contribution in [3.63, 3.8) is 0 Å². The number of amides is 1. The number of halogens is 1. The smallest absolute Gasteiger partial charge is 0.233 e. The molecule has 0 aromatic heterocycles. The normalized spacial score (nSPS) is 12.4. The van der Waals surface area contributed by atoms with Crippen molar-refractivity contribution in [2.75, 3.05) is 6.54 Å². The number of nitrogens with one attached hydrogen (secondary N) is 1. The monoisotopic (exact) mass is 302 g/mol. The first-order valence-corrected chi connectivity index (χ1v) is 7.08. The molecule has 0 bridgehead atoms. The van der Waals surface area contributed by atoms with Crippen molar-refractivity contribution >= 4 is 30.1 Å². The van der Waals surface area contributed by atoms with E-state index in [0.29, 0.717) is 6.54 Å². The average Bonchev–Trinajstić information content (AvgIpc) is 2.33. The van der Waals surface area contributed by atoms with Gasteiger partial charge in [-0.2, -0.15) is 0 Å². The van der Waals surface area contributed by atoms with Crippen molar-refractivity contribution in [1.82, 2.24) is 5.32 Å². The summed E-state index contributed by atoms with van der Waals surface area (Å²) in [4.78, 5) is 13.2. The molecule has 0 saturated carbocycles. The Labute approximate surface area is 126 Å². The number of nitrogens with two attached hydrogens (primary N) is 1. The largest absolute Gasteiger partial charge is 0.353 e. The number of hydrogen-bond acceptors (Lipinski definition) is 3. The zero-order valence-electron chi connectivity index (χ0n) is 11.7. The number of benzene rings is 1. The van der Waals surface area contributed by atoms with E-state index in [2.05, 4.69) is 5.32 Å². The molecule has 3 N–H and O–H groups in total. The maximum absolute atomic E-state index is 12.0. The third kappa shape index (κ3) is 7.45. The van der Waals surface area contributed by atoms with Gasteiger partial charge in [0, 0.05) is 17.0 Å². The zero-order chi connectivity index (χ0) is 13.6. The minimum absolute atomic E-state index is 0. The highest BCUT2D eigenvalue weighted by Gasteiger charge is 2.19. The molecule has 0 spiro atoms. The fourth-order valence-corrected chi connectivity index (χ4v) is 2.41. The van der Waals surface area contributed by atoms with Crippen LogP contribution in [0.15, 0.2) is 35.2 Å². The van der Waals surface area contributed by atoms with Crippen LogP contribution in [0.3, 0.4) is 0 Å². The van der Waals surface area contributed by atoms with E-state index in [1.54, 1.807) is 11.8 Å². The zero-order valence-corrected chi connectivity index (χ0v) is 13.3. The topological polar surface area (TPSA) is 55.1 Å². The standard InChI is InChI=1S/C14H22N2OS.ClH/c1-4-12(13(17)16-10-14(2,3)15)18-11-8-6-5-7-9-11;/h5-9,12H,4,10,15H2,1-3H3,(H,16,17);1H. The van der Waals surface area contributed by atoms with Crippen LogP contribution < -0.4 is 11.1 Å². The van der Waals surface area contributed by atoms with Gasteiger partial charge >= 0.3 is 0 Å². The van der Waals surface area contributed by atoms with Gasteiger partial charge in [0.15, 0.2) is 0 Å². The quantitative estimate of drug-likeness (QED) is 0.795. The molecule has 0 saturated heterocycles. The third-order valence-electron chi connectivity index (χ3n) is 2.40. The van der Waals surface area contributed by atoms with E-state index >= 15 is 0 Å². The SMILES string of the molecule is CCC(Sc1ccccc1)C(=O)NCC(C)(C)N.Cl. The molecule has 0 fully saturated rings. The fourth-order valence-electron chi connectivity index (χ4n) is 1.41. The van der Waals surface area contributed by atoms with Gasteiger partial charge in [-0.25, -0.2) is 0 Å². The van der Waals surface area contributed by atoms with Gasteiger partial charge < -0.3 is 11.1 Å². The lowest BCUT2D eigenvalue weighted by Crippen LogP contribution is -2.47. The maximum atomic E-state index is 12.0. The van der Waals surface area contributed by atoms with Gasteiger partial charge in [0.2, 0.25) is 5.91 Å². The second-order valence-electron chi connectivity index (χ2n) is 5.03. The van der Waals surface area contributed by atoms with E-state index in [1.165, 1.54) is 0 Å². The summed E-state index contributed by atoms with van der Waals surface area (Å²) in [5.41, 5.74) is 5.49. The maximum Gasteiger partial charge on any atom is 0.233 e. The number of thioether (sulfide) groups is 1. The van der Waals surface area contributed by atoms with Crippen LogP contribution >= 0.6 is 24.2 Å². The molecule has 1 rings (SSSR count). The summed E-state index contributed by atoms with van der Waals surface area (Å²) in [6, 6.07) is 9.98. The molecule has 5 heteroatoms. The van der Waals surface area contributed by atoms with Crippen LogP contribution in [0, 0.1) is 0 Å². The molecule has 1 atom stereocenters. The van der Waals surface area contributed by atoms with Crippen LogP contribution in [-0.2, 0) is 4.79 Å². The Bertz CT molecular complexity index is 379. The molecule has 0 aliphatic heterocycles. The summed E-state index contributed by atoms with van der Waals surface area (Å²) in [5, 5.41) is 2.85. The molecule has 19 heavy (non-hydrogen) atoms. The van der Waals surface area contributed by atoms with Crippen molar-refractivity contribution in [3.05, 3.63) is 30.3 Å². The molecule has 3 nitrogen and oxygen atoms in total. The molecule has 1 unspecified atom stereocenters. The second-order valence-corrected chi connectivity index (χ2v) is 6.31. The molecule has 0 aliphatic carbocycles. The summed E-state index contributed by atoms with van der Waals surface area (Å²) >= 11 is 1.59. The lowest BCUT2D eigenvalue weighted by molar-refractivity contribution is -0.120. The molecule has 1 aromatic carbocycles. The predicted molar refractivity (Wildman–Crippen MR) is 84.9 cm³/mol. The molecule has 0 aliphatic rings. The van der Waals surface area contributed by atoms with Gasteiger partial charge in [0.25, 0.3) is 0 Å². The van der Waals surface area contributed by atoms with Gasteiger partial charge in [-0.05, 0) is 32.4 Å². The van der Waals surface area contributed by atoms with E-state index in [-0.39, 0.29) is 29.1 Å². The number of carbonyl (C=O) groups is 1. The van der Waals surface area contributed by atoms with Crippen LogP contribution in [0.2, 0.25) is 0 Å². The Hall–Kier alpha value is -0.710. The van der Waals surface area contributed by atoms with Crippen LogP contribution in [0.1, 0.15) is 27.2 Å². The van der Waals surface area contributed by atoms with Crippen molar-refractivity contribution in [3.8, 4) is 0 Å². The highest BCUT2D eigenvalue weighted by molar-refractivity contribution is 8.00. The van der Waals surface area contributed by atoms with Crippen LogP contribution in [0.25, 0.3) is 0 Å². The summed E-state index contributed by atoms with van der Waals surface area (Å²) < 4.78 is 0. The number of carbonyl (C=O) groups excluding carboxylic acids is 1. The Balaban J connectivity index is 0.00000324. The van der Waals surface area contributed by atoms with Gasteiger partial charge in [-0.15, -0.1) is 24.2 Å². The first-order valence-electron chi connectivity index (χ1n) is 6.20. The fraction of sp³-hybridized carbons (Fsp3) is 0.500. The molecule has 1 aromatic rings. The van der Waals surface area contributed by atoms with E-state index in [1.807, 2.05) is 51.1 Å². The first-order chi connectivity index (χ1) is 8.42. The first kappa shape index (κ1) is 18.3. The molecule has 0 heterocycles. The highest BCUT2D eigenvalue weighted by Crippen LogP contribution is 2.25. The number of rotatable bonds is 6. The van der Waals surface area contributed by atoms with Gasteiger partial charge in [0.1, 0.15) is 0 Å².